The van der Waals surface area contributed by atoms with Gasteiger partial charge >= 0.3 is 0 Å². The summed E-state index contributed by atoms with van der Waals surface area (Å²) in [6.45, 7) is 5.50. The number of hydrogen-bond acceptors (Lipinski definition) is 5. The summed E-state index contributed by atoms with van der Waals surface area (Å²) in [5.41, 5.74) is 1.35. The number of rotatable bonds is 2. The van der Waals surface area contributed by atoms with E-state index in [-0.39, 0.29) is 28.7 Å². The van der Waals surface area contributed by atoms with Gasteiger partial charge < -0.3 is 9.80 Å². The first-order valence-electron chi connectivity index (χ1n) is 8.55. The fourth-order valence-corrected chi connectivity index (χ4v) is 6.94. The van der Waals surface area contributed by atoms with Crippen LogP contribution in [0.4, 0.5) is 11.4 Å². The van der Waals surface area contributed by atoms with Crippen LogP contribution in [0.2, 0.25) is 0 Å². The van der Waals surface area contributed by atoms with Gasteiger partial charge in [-0.15, -0.1) is 0 Å². The molecule has 142 valence electrons. The standard InChI is InChI=1S/C18H25N3O3S2/c1-18(2,3)16(22)19-17-21(13-8-6-12(7-9-13)20(4)5)14-10-26(23,24)11-15(14)25-17/h6-9,14-15H,10-11H2,1-5H3/t14-,15+/m0/s1. The molecule has 8 heteroatoms. The number of carbonyl (C=O) groups excluding carboxylic acids is 1. The van der Waals surface area contributed by atoms with E-state index in [2.05, 4.69) is 4.99 Å². The zero-order chi connectivity index (χ0) is 19.3. The summed E-state index contributed by atoms with van der Waals surface area (Å²) in [5.74, 6) is 0.0397. The lowest BCUT2D eigenvalue weighted by molar-refractivity contribution is -0.124. The van der Waals surface area contributed by atoms with Crippen LogP contribution in [0.1, 0.15) is 20.8 Å². The van der Waals surface area contributed by atoms with E-state index in [1.807, 2.05) is 68.9 Å². The Bertz CT molecular complexity index is 839. The molecule has 0 spiro atoms. The first-order valence-corrected chi connectivity index (χ1v) is 11.2. The van der Waals surface area contributed by atoms with Crippen LogP contribution in [0, 0.1) is 5.41 Å². The van der Waals surface area contributed by atoms with Crippen molar-refractivity contribution in [3.05, 3.63) is 24.3 Å². The average Bonchev–Trinajstić information content (AvgIpc) is 2.97. The minimum Gasteiger partial charge on any atom is -0.378 e. The Morgan fingerprint density at radius 2 is 1.81 bits per heavy atom. The number of anilines is 2. The van der Waals surface area contributed by atoms with Gasteiger partial charge in [0.15, 0.2) is 15.0 Å². The summed E-state index contributed by atoms with van der Waals surface area (Å²) < 4.78 is 24.2. The van der Waals surface area contributed by atoms with Crippen LogP contribution in [-0.2, 0) is 14.6 Å². The molecule has 1 aromatic rings. The van der Waals surface area contributed by atoms with Crippen LogP contribution in [0.15, 0.2) is 29.3 Å². The van der Waals surface area contributed by atoms with E-state index < -0.39 is 15.3 Å². The van der Waals surface area contributed by atoms with E-state index in [9.17, 15) is 13.2 Å². The second-order valence-corrected chi connectivity index (χ2v) is 11.4. The van der Waals surface area contributed by atoms with E-state index in [1.54, 1.807) is 0 Å². The van der Waals surface area contributed by atoms with Gasteiger partial charge in [-0.1, -0.05) is 32.5 Å². The summed E-state index contributed by atoms with van der Waals surface area (Å²) in [6.07, 6.45) is 0. The zero-order valence-electron chi connectivity index (χ0n) is 15.8. The molecule has 1 aromatic carbocycles. The van der Waals surface area contributed by atoms with Gasteiger partial charge in [-0.2, -0.15) is 4.99 Å². The number of benzene rings is 1. The number of hydrogen-bond donors (Lipinski definition) is 0. The molecule has 2 fully saturated rings. The molecule has 2 saturated heterocycles. The van der Waals surface area contributed by atoms with Crippen molar-refractivity contribution < 1.29 is 13.2 Å². The number of amidine groups is 1. The number of aliphatic imine (C=N–C) groups is 1. The molecule has 26 heavy (non-hydrogen) atoms. The number of amides is 1. The Morgan fingerprint density at radius 3 is 2.35 bits per heavy atom. The molecule has 0 bridgehead atoms. The highest BCUT2D eigenvalue weighted by Gasteiger charge is 2.49. The van der Waals surface area contributed by atoms with Gasteiger partial charge in [0.2, 0.25) is 0 Å². The summed E-state index contributed by atoms with van der Waals surface area (Å²) in [4.78, 5) is 20.7. The van der Waals surface area contributed by atoms with Crippen molar-refractivity contribution in [2.24, 2.45) is 10.4 Å². The van der Waals surface area contributed by atoms with E-state index in [0.29, 0.717) is 5.17 Å². The van der Waals surface area contributed by atoms with E-state index in [0.717, 1.165) is 11.4 Å². The van der Waals surface area contributed by atoms with E-state index in [4.69, 9.17) is 0 Å². The Balaban J connectivity index is 2.00. The lowest BCUT2D eigenvalue weighted by atomic mass is 9.96. The molecule has 3 rings (SSSR count). The molecule has 1 amide bonds. The van der Waals surface area contributed by atoms with Gasteiger partial charge in [0.05, 0.1) is 17.5 Å². The molecule has 0 aromatic heterocycles. The van der Waals surface area contributed by atoms with Crippen molar-refractivity contribution in [3.63, 3.8) is 0 Å². The predicted molar refractivity (Wildman–Crippen MR) is 109 cm³/mol. The Hall–Kier alpha value is -1.54. The number of sulfone groups is 1. The van der Waals surface area contributed by atoms with Crippen molar-refractivity contribution in [2.75, 3.05) is 35.4 Å². The predicted octanol–water partition coefficient (Wildman–Crippen LogP) is 2.40. The van der Waals surface area contributed by atoms with Gasteiger partial charge in [-0.3, -0.25) is 4.79 Å². The van der Waals surface area contributed by atoms with Crippen LogP contribution in [-0.4, -0.2) is 56.4 Å². The minimum absolute atomic E-state index is 0.0833. The third-order valence-electron chi connectivity index (χ3n) is 4.55. The maximum atomic E-state index is 12.4. The van der Waals surface area contributed by atoms with Gasteiger partial charge in [0.1, 0.15) is 0 Å². The smallest absolute Gasteiger partial charge is 0.253 e. The fourth-order valence-electron chi connectivity index (χ4n) is 3.03. The van der Waals surface area contributed by atoms with Gasteiger partial charge in [-0.05, 0) is 24.3 Å². The average molecular weight is 396 g/mol. The maximum absolute atomic E-state index is 12.4. The topological polar surface area (TPSA) is 70.0 Å². The van der Waals surface area contributed by atoms with Crippen LogP contribution in [0.25, 0.3) is 0 Å². The minimum atomic E-state index is -3.06. The summed E-state index contributed by atoms with van der Waals surface area (Å²) >= 11 is 1.41. The molecule has 2 atom stereocenters. The lowest BCUT2D eigenvalue weighted by Crippen LogP contribution is -2.38. The number of nitrogens with zero attached hydrogens (tertiary/aromatic N) is 3. The van der Waals surface area contributed by atoms with Crippen molar-refractivity contribution >= 4 is 44.0 Å². The second kappa shape index (κ2) is 6.56. The van der Waals surface area contributed by atoms with Gasteiger partial charge in [-0.25, -0.2) is 8.42 Å². The second-order valence-electron chi connectivity index (χ2n) is 8.03. The van der Waals surface area contributed by atoms with Crippen molar-refractivity contribution in [3.8, 4) is 0 Å². The molecule has 6 nitrogen and oxygen atoms in total. The van der Waals surface area contributed by atoms with E-state index in [1.165, 1.54) is 11.8 Å². The molecule has 0 N–H and O–H groups in total. The molecular weight excluding hydrogens is 370 g/mol. The van der Waals surface area contributed by atoms with Gasteiger partial charge in [0.25, 0.3) is 5.91 Å². The quantitative estimate of drug-likeness (QED) is 0.766. The Labute approximate surface area is 159 Å². The monoisotopic (exact) mass is 395 g/mol. The molecule has 0 saturated carbocycles. The maximum Gasteiger partial charge on any atom is 0.253 e. The Kier molecular flexibility index (Phi) is 4.85. The highest BCUT2D eigenvalue weighted by atomic mass is 32.2. The molecular formula is C18H25N3O3S2. The number of fused-ring (bicyclic) bond motifs is 1. The molecule has 0 unspecified atom stereocenters. The zero-order valence-corrected chi connectivity index (χ0v) is 17.4. The number of thioether (sulfide) groups is 1. The third kappa shape index (κ3) is 3.76. The SMILES string of the molecule is CN(C)c1ccc(N2C(=NC(=O)C(C)(C)C)S[C@@H]3CS(=O)(=O)C[C@@H]32)cc1. The van der Waals surface area contributed by atoms with Crippen LogP contribution in [0.5, 0.6) is 0 Å². The van der Waals surface area contributed by atoms with Crippen molar-refractivity contribution in [1.82, 2.24) is 0 Å². The van der Waals surface area contributed by atoms with Crippen LogP contribution < -0.4 is 9.80 Å². The van der Waals surface area contributed by atoms with Crippen LogP contribution in [0.3, 0.4) is 0 Å². The first-order chi connectivity index (χ1) is 12.0. The van der Waals surface area contributed by atoms with Crippen molar-refractivity contribution in [2.45, 2.75) is 32.1 Å². The first kappa shape index (κ1) is 19.2. The molecule has 2 heterocycles. The fraction of sp³-hybridized carbons (Fsp3) is 0.556. The summed E-state index contributed by atoms with van der Waals surface area (Å²) in [7, 11) is 0.876. The molecule has 2 aliphatic rings. The van der Waals surface area contributed by atoms with E-state index >= 15 is 0 Å². The third-order valence-corrected chi connectivity index (χ3v) is 7.76. The highest BCUT2D eigenvalue weighted by Crippen LogP contribution is 2.41. The van der Waals surface area contributed by atoms with Crippen LogP contribution >= 0.6 is 11.8 Å². The summed E-state index contributed by atoms with van der Waals surface area (Å²) in [6, 6.07) is 7.71. The molecule has 2 aliphatic heterocycles. The summed E-state index contributed by atoms with van der Waals surface area (Å²) in [5, 5.41) is 0.521. The largest absolute Gasteiger partial charge is 0.378 e. The normalized spacial score (nSPS) is 26.2. The Morgan fingerprint density at radius 1 is 1.19 bits per heavy atom. The molecule has 0 radical (unpaired) electrons. The van der Waals surface area contributed by atoms with Gasteiger partial charge in [0, 0.05) is 36.1 Å². The highest BCUT2D eigenvalue weighted by molar-refractivity contribution is 8.16. The lowest BCUT2D eigenvalue weighted by Gasteiger charge is -2.26. The number of carbonyl (C=O) groups is 1. The van der Waals surface area contributed by atoms with Crippen molar-refractivity contribution in [1.29, 1.82) is 0 Å². The molecule has 0 aliphatic carbocycles.